The maximum absolute atomic E-state index is 13.4. The van der Waals surface area contributed by atoms with E-state index in [9.17, 15) is 14.0 Å². The first-order valence-corrected chi connectivity index (χ1v) is 5.64. The van der Waals surface area contributed by atoms with Gasteiger partial charge in [-0.15, -0.1) is 0 Å². The lowest BCUT2D eigenvalue weighted by Gasteiger charge is -2.10. The zero-order valence-electron chi connectivity index (χ0n) is 10.2. The second-order valence-corrected chi connectivity index (χ2v) is 3.95. The fourth-order valence-corrected chi connectivity index (χ4v) is 1.80. The number of halogens is 1. The van der Waals surface area contributed by atoms with E-state index in [0.717, 1.165) is 0 Å². The van der Waals surface area contributed by atoms with Crippen molar-refractivity contribution in [3.8, 4) is 5.69 Å². The molecule has 2 rings (SSSR count). The zero-order chi connectivity index (χ0) is 13.3. The number of nitrogens with zero attached hydrogens (tertiary/aromatic N) is 2. The van der Waals surface area contributed by atoms with E-state index in [1.165, 1.54) is 33.7 Å². The molecule has 1 heterocycles. The van der Waals surface area contributed by atoms with E-state index in [1.54, 1.807) is 19.9 Å². The van der Waals surface area contributed by atoms with Gasteiger partial charge in [0, 0.05) is 24.5 Å². The lowest BCUT2D eigenvalue weighted by Crippen LogP contribution is -2.39. The molecule has 18 heavy (non-hydrogen) atoms. The molecule has 94 valence electrons. The Labute approximate surface area is 103 Å². The molecule has 0 saturated heterocycles. The van der Waals surface area contributed by atoms with Crippen molar-refractivity contribution < 1.29 is 4.39 Å². The Morgan fingerprint density at radius 3 is 2.56 bits per heavy atom. The van der Waals surface area contributed by atoms with Crippen LogP contribution in [0.2, 0.25) is 0 Å². The maximum atomic E-state index is 13.4. The van der Waals surface area contributed by atoms with Gasteiger partial charge < -0.3 is 4.57 Å². The molecular formula is C13H13FN2O2. The van der Waals surface area contributed by atoms with Gasteiger partial charge in [-0.3, -0.25) is 14.2 Å². The Hall–Kier alpha value is -2.17. The fraction of sp³-hybridized carbons (Fsp3) is 0.231. The van der Waals surface area contributed by atoms with Crippen LogP contribution < -0.4 is 11.1 Å². The molecule has 0 bridgehead atoms. The summed E-state index contributed by atoms with van der Waals surface area (Å²) in [5.74, 6) is -0.404. The van der Waals surface area contributed by atoms with Crippen LogP contribution in [-0.4, -0.2) is 9.13 Å². The quantitative estimate of drug-likeness (QED) is 0.755. The van der Waals surface area contributed by atoms with E-state index in [4.69, 9.17) is 0 Å². The highest BCUT2D eigenvalue weighted by Crippen LogP contribution is 2.14. The van der Waals surface area contributed by atoms with E-state index in [2.05, 4.69) is 0 Å². The Bertz CT molecular complexity index is 701. The highest BCUT2D eigenvalue weighted by atomic mass is 19.1. The van der Waals surface area contributed by atoms with Crippen LogP contribution >= 0.6 is 0 Å². The zero-order valence-corrected chi connectivity index (χ0v) is 10.2. The molecule has 0 aliphatic heterocycles. The average Bonchev–Trinajstić information content (AvgIpc) is 2.37. The van der Waals surface area contributed by atoms with Gasteiger partial charge in [0.25, 0.3) is 0 Å². The van der Waals surface area contributed by atoms with Crippen molar-refractivity contribution in [1.29, 1.82) is 0 Å². The smallest absolute Gasteiger partial charge is 0.310 e. The lowest BCUT2D eigenvalue weighted by atomic mass is 10.2. The number of hydrogen-bond donors (Lipinski definition) is 0. The monoisotopic (exact) mass is 248 g/mol. The van der Waals surface area contributed by atoms with Crippen molar-refractivity contribution in [2.24, 2.45) is 0 Å². The summed E-state index contributed by atoms with van der Waals surface area (Å²) in [7, 11) is 0. The molecular weight excluding hydrogens is 235 g/mol. The van der Waals surface area contributed by atoms with Crippen LogP contribution in [0.4, 0.5) is 4.39 Å². The van der Waals surface area contributed by atoms with E-state index < -0.39 is 16.9 Å². The van der Waals surface area contributed by atoms with Crippen LogP contribution in [0, 0.1) is 12.7 Å². The third-order valence-electron chi connectivity index (χ3n) is 2.90. The van der Waals surface area contributed by atoms with Gasteiger partial charge in [0.2, 0.25) is 0 Å². The van der Waals surface area contributed by atoms with E-state index in [-0.39, 0.29) is 0 Å². The molecule has 2 aromatic rings. The van der Waals surface area contributed by atoms with Crippen molar-refractivity contribution in [2.45, 2.75) is 20.4 Å². The molecule has 0 amide bonds. The Morgan fingerprint density at radius 2 is 1.89 bits per heavy atom. The molecule has 5 heteroatoms. The second kappa shape index (κ2) is 4.60. The first-order chi connectivity index (χ1) is 8.56. The SMILES string of the molecule is CCn1ccn(-c2cccc(F)c2C)c(=O)c1=O. The van der Waals surface area contributed by atoms with Crippen molar-refractivity contribution in [2.75, 3.05) is 0 Å². The number of rotatable bonds is 2. The van der Waals surface area contributed by atoms with Crippen LogP contribution in [0.5, 0.6) is 0 Å². The Kier molecular flexibility index (Phi) is 3.14. The van der Waals surface area contributed by atoms with Crippen molar-refractivity contribution in [3.05, 3.63) is 62.7 Å². The summed E-state index contributed by atoms with van der Waals surface area (Å²) in [6, 6.07) is 4.43. The first-order valence-electron chi connectivity index (χ1n) is 5.64. The van der Waals surface area contributed by atoms with Gasteiger partial charge >= 0.3 is 11.1 Å². The first kappa shape index (κ1) is 12.3. The van der Waals surface area contributed by atoms with Crippen LogP contribution in [0.1, 0.15) is 12.5 Å². The number of aromatic nitrogens is 2. The highest BCUT2D eigenvalue weighted by molar-refractivity contribution is 5.40. The summed E-state index contributed by atoms with van der Waals surface area (Å²) in [5, 5.41) is 0. The average molecular weight is 248 g/mol. The Balaban J connectivity index is 2.74. The lowest BCUT2D eigenvalue weighted by molar-refractivity contribution is 0.615. The fourth-order valence-electron chi connectivity index (χ4n) is 1.80. The molecule has 1 aromatic heterocycles. The van der Waals surface area contributed by atoms with Crippen LogP contribution in [0.3, 0.4) is 0 Å². The van der Waals surface area contributed by atoms with Crippen LogP contribution in [0.15, 0.2) is 40.2 Å². The van der Waals surface area contributed by atoms with Gasteiger partial charge in [0.05, 0.1) is 5.69 Å². The molecule has 0 unspecified atom stereocenters. The molecule has 0 fully saturated rings. The minimum absolute atomic E-state index is 0.341. The van der Waals surface area contributed by atoms with Crippen molar-refractivity contribution >= 4 is 0 Å². The normalized spacial score (nSPS) is 10.6. The summed E-state index contributed by atoms with van der Waals surface area (Å²) in [4.78, 5) is 23.6. The predicted molar refractivity (Wildman–Crippen MR) is 66.7 cm³/mol. The molecule has 0 spiro atoms. The summed E-state index contributed by atoms with van der Waals surface area (Å²) in [5.41, 5.74) is -0.551. The van der Waals surface area contributed by atoms with E-state index >= 15 is 0 Å². The Morgan fingerprint density at radius 1 is 1.17 bits per heavy atom. The molecule has 0 saturated carbocycles. The van der Waals surface area contributed by atoms with E-state index in [1.807, 2.05) is 0 Å². The van der Waals surface area contributed by atoms with Gasteiger partial charge in [-0.1, -0.05) is 6.07 Å². The molecule has 0 atom stereocenters. The number of benzene rings is 1. The van der Waals surface area contributed by atoms with Gasteiger partial charge in [-0.25, -0.2) is 4.39 Å². The summed E-state index contributed by atoms with van der Waals surface area (Å²) >= 11 is 0. The molecule has 0 aliphatic carbocycles. The summed E-state index contributed by atoms with van der Waals surface area (Å²) in [6.07, 6.45) is 3.00. The number of hydrogen-bond acceptors (Lipinski definition) is 2. The van der Waals surface area contributed by atoms with Gasteiger partial charge in [-0.05, 0) is 26.0 Å². The molecule has 0 N–H and O–H groups in total. The largest absolute Gasteiger partial charge is 0.320 e. The summed E-state index contributed by atoms with van der Waals surface area (Å²) in [6.45, 7) is 3.78. The van der Waals surface area contributed by atoms with Crippen molar-refractivity contribution in [3.63, 3.8) is 0 Å². The molecule has 0 aliphatic rings. The maximum Gasteiger partial charge on any atom is 0.320 e. The van der Waals surface area contributed by atoms with Crippen LogP contribution in [0.25, 0.3) is 5.69 Å². The molecule has 1 aromatic carbocycles. The minimum atomic E-state index is -0.673. The van der Waals surface area contributed by atoms with Gasteiger partial charge in [-0.2, -0.15) is 0 Å². The number of aryl methyl sites for hydroxylation is 1. The summed E-state index contributed by atoms with van der Waals surface area (Å²) < 4.78 is 15.9. The van der Waals surface area contributed by atoms with Gasteiger partial charge in [0.15, 0.2) is 0 Å². The molecule has 4 nitrogen and oxygen atoms in total. The topological polar surface area (TPSA) is 44.0 Å². The predicted octanol–water partition coefficient (Wildman–Crippen LogP) is 1.47. The third-order valence-corrected chi connectivity index (χ3v) is 2.90. The minimum Gasteiger partial charge on any atom is -0.310 e. The second-order valence-electron chi connectivity index (χ2n) is 3.95. The molecule has 0 radical (unpaired) electrons. The standard InChI is InChI=1S/C13H13FN2O2/c1-3-15-7-8-16(13(18)12(15)17)11-6-4-5-10(14)9(11)2/h4-8H,3H2,1-2H3. The van der Waals surface area contributed by atoms with Gasteiger partial charge in [0.1, 0.15) is 5.82 Å². The van der Waals surface area contributed by atoms with E-state index in [0.29, 0.717) is 17.8 Å². The van der Waals surface area contributed by atoms with Crippen molar-refractivity contribution in [1.82, 2.24) is 9.13 Å². The third kappa shape index (κ3) is 1.88. The van der Waals surface area contributed by atoms with Crippen LogP contribution in [-0.2, 0) is 6.54 Å². The highest BCUT2D eigenvalue weighted by Gasteiger charge is 2.09.